The predicted octanol–water partition coefficient (Wildman–Crippen LogP) is -6.39. The summed E-state index contributed by atoms with van der Waals surface area (Å²) in [6.07, 6.45) is 0. The maximum absolute atomic E-state index is 8.45. The Bertz CT molecular complexity index is 103. The van der Waals surface area contributed by atoms with Gasteiger partial charge in [-0.2, -0.15) is 0 Å². The van der Waals surface area contributed by atoms with Gasteiger partial charge in [0.2, 0.25) is 0 Å². The summed E-state index contributed by atoms with van der Waals surface area (Å²) in [6, 6.07) is 0. The molecule has 0 amide bonds. The van der Waals surface area contributed by atoms with Crippen molar-refractivity contribution in [3.8, 4) is 0 Å². The van der Waals surface area contributed by atoms with Crippen molar-refractivity contribution >= 4 is 0 Å². The summed E-state index contributed by atoms with van der Waals surface area (Å²) in [5, 5.41) is 0. The van der Waals surface area contributed by atoms with Crippen LogP contribution in [0.4, 0.5) is 0 Å². The first kappa shape index (κ1) is 49.7. The molecule has 0 unspecified atom stereocenters. The fraction of sp³-hybridized carbons (Fsp3) is 0. The van der Waals surface area contributed by atoms with Crippen molar-refractivity contribution in [1.82, 2.24) is 0 Å². The van der Waals surface area contributed by atoms with E-state index in [-0.39, 0.29) is 52.4 Å². The molecule has 0 aromatic rings. The molecule has 18 heavy (non-hydrogen) atoms. The van der Waals surface area contributed by atoms with Crippen LogP contribution in [0.25, 0.3) is 0 Å². The van der Waals surface area contributed by atoms with E-state index in [2.05, 4.69) is 0 Å². The summed E-state index contributed by atoms with van der Waals surface area (Å²) in [4.78, 5) is 0. The van der Waals surface area contributed by atoms with E-state index in [9.17, 15) is 0 Å². The molecule has 0 saturated carbocycles. The number of hydrogen-bond donors (Lipinski definition) is 5. The molecule has 0 heterocycles. The number of rotatable bonds is 0. The Balaban J connectivity index is -0.0000000111. The Morgan fingerprint density at radius 1 is 0.500 bits per heavy atom. The minimum atomic E-state index is -0.812. The normalized spacial score (nSPS) is 5.83. The SMILES string of the molecule is [Li+].[Mn+2].[Ni+2].[O]=[Co-][OH].[O]=[Co-][OH].[O]=[Co-][OH].[O]=[Co-][OH].[O]=[Co-][OH]. The van der Waals surface area contributed by atoms with Crippen molar-refractivity contribution in [1.29, 1.82) is 0 Å². The first-order valence-corrected chi connectivity index (χ1v) is 5.88. The van der Waals surface area contributed by atoms with Gasteiger partial charge in [0.25, 0.3) is 0 Å². The molecule has 0 bridgehead atoms. The fourth-order valence-corrected chi connectivity index (χ4v) is 0. The van der Waals surface area contributed by atoms with Crippen LogP contribution in [0.3, 0.4) is 0 Å². The molecule has 5 N–H and O–H groups in total. The molecule has 0 rings (SSSR count). The fourth-order valence-electron chi connectivity index (χ4n) is 0. The Morgan fingerprint density at radius 2 is 0.500 bits per heavy atom. The molecule has 0 aromatic heterocycles. The van der Waals surface area contributed by atoms with Crippen LogP contribution < -0.4 is 18.9 Å². The summed E-state index contributed by atoms with van der Waals surface area (Å²) in [7, 11) is 0. The quantitative estimate of drug-likeness (QED) is 0.173. The van der Waals surface area contributed by atoms with Gasteiger partial charge < -0.3 is 0 Å². The molecule has 10 nitrogen and oxygen atoms in total. The third-order valence-corrected chi connectivity index (χ3v) is 0. The predicted molar refractivity (Wildman–Crippen MR) is 14.5 cm³/mol. The minimum absolute atomic E-state index is 0. The van der Waals surface area contributed by atoms with Gasteiger partial charge in [-0.1, -0.05) is 0 Å². The maximum atomic E-state index is 8.45. The molecule has 0 atom stereocenters. The van der Waals surface area contributed by atoms with Crippen molar-refractivity contribution in [2.75, 3.05) is 0 Å². The van der Waals surface area contributed by atoms with Gasteiger partial charge in [-0.15, -0.1) is 0 Å². The van der Waals surface area contributed by atoms with Gasteiger partial charge in [0.05, 0.1) is 0 Å². The second-order valence-electron chi connectivity index (χ2n) is 0.304. The molecule has 0 aromatic carbocycles. The van der Waals surface area contributed by atoms with E-state index in [1.165, 1.54) is 0 Å². The van der Waals surface area contributed by atoms with Crippen molar-refractivity contribution < 1.29 is 168 Å². The number of hydrogen-bond acceptors (Lipinski definition) is 5. The molecule has 0 aliphatic heterocycles. The van der Waals surface area contributed by atoms with Crippen LogP contribution in [0.5, 0.6) is 0 Å². The molecular formula is H5Co5LiMnNiO10. The first-order valence-electron chi connectivity index (χ1n) is 1.43. The average Bonchev–Trinajstić information content (AvgIpc) is 2.09. The van der Waals surface area contributed by atoms with Gasteiger partial charge >= 0.3 is 168 Å². The molecule has 0 aliphatic rings. The van der Waals surface area contributed by atoms with Crippen LogP contribution in [0.15, 0.2) is 0 Å². The van der Waals surface area contributed by atoms with Gasteiger partial charge in [0, 0.05) is 0 Å². The summed E-state index contributed by atoms with van der Waals surface area (Å²) in [6.45, 7) is 0. The zero-order chi connectivity index (χ0) is 13.5. The molecule has 0 aliphatic carbocycles. The van der Waals surface area contributed by atoms with E-state index < -0.39 is 74.8 Å². The summed E-state index contributed by atoms with van der Waals surface area (Å²) in [5.41, 5.74) is 0. The molecule has 1 radical (unpaired) electrons. The second kappa shape index (κ2) is 113. The zero-order valence-corrected chi connectivity index (χ0v) is 15.0. The molecule has 0 fully saturated rings. The Morgan fingerprint density at radius 3 is 0.500 bits per heavy atom. The summed E-state index contributed by atoms with van der Waals surface area (Å²) >= 11 is -4.06. The molecule has 0 saturated heterocycles. The zero-order valence-electron chi connectivity index (χ0n) is 7.64. The summed E-state index contributed by atoms with van der Waals surface area (Å²) < 4.78 is 77.2. The van der Waals surface area contributed by atoms with Crippen LogP contribution in [0, 0.1) is 0 Å². The van der Waals surface area contributed by atoms with Crippen LogP contribution in [0.2, 0.25) is 0 Å². The Kier molecular flexibility index (Phi) is 313. The van der Waals surface area contributed by atoms with E-state index in [0.29, 0.717) is 0 Å². The van der Waals surface area contributed by atoms with E-state index in [0.717, 1.165) is 0 Å². The standard InChI is InChI=1S/5Co.Li.Mn.Ni.5H2O.5O/h;;;;;;;;5*1H2;;;;;/q;;;;;+1;2*+2;;;;;;;;;;/p-5. The van der Waals surface area contributed by atoms with Crippen molar-refractivity contribution in [2.45, 2.75) is 0 Å². The van der Waals surface area contributed by atoms with Gasteiger partial charge in [-0.25, -0.2) is 0 Å². The van der Waals surface area contributed by atoms with Crippen molar-refractivity contribution in [3.63, 3.8) is 0 Å². The molecule has 128 valence electrons. The van der Waals surface area contributed by atoms with Gasteiger partial charge in [-0.05, 0) is 0 Å². The van der Waals surface area contributed by atoms with E-state index in [1.807, 2.05) is 0 Å². The van der Waals surface area contributed by atoms with Crippen LogP contribution in [-0.2, 0) is 128 Å². The average molecular weight is 580 g/mol. The third-order valence-electron chi connectivity index (χ3n) is 0. The Labute approximate surface area is 165 Å². The first-order chi connectivity index (χ1) is 7.07. The molecular weight excluding hydrogens is 575 g/mol. The van der Waals surface area contributed by atoms with E-state index >= 15 is 0 Å². The van der Waals surface area contributed by atoms with Gasteiger partial charge in [-0.3, -0.25) is 0 Å². The van der Waals surface area contributed by atoms with Gasteiger partial charge in [0.15, 0.2) is 0 Å². The Hall–Kier alpha value is 2.94. The van der Waals surface area contributed by atoms with Crippen LogP contribution in [-0.4, -0.2) is 21.1 Å². The van der Waals surface area contributed by atoms with Crippen molar-refractivity contribution in [3.05, 3.63) is 0 Å². The summed E-state index contributed by atoms with van der Waals surface area (Å²) in [5.74, 6) is 0. The van der Waals surface area contributed by atoms with Gasteiger partial charge in [0.1, 0.15) is 0 Å². The van der Waals surface area contributed by atoms with Crippen LogP contribution >= 0.6 is 0 Å². The third kappa shape index (κ3) is 704. The van der Waals surface area contributed by atoms with E-state index in [1.54, 1.807) is 0 Å². The van der Waals surface area contributed by atoms with E-state index in [4.69, 9.17) is 40.4 Å². The molecule has 18 heteroatoms. The molecule has 0 spiro atoms. The second-order valence-corrected chi connectivity index (χ2v) is 1.25. The van der Waals surface area contributed by atoms with Crippen molar-refractivity contribution in [2.24, 2.45) is 0 Å². The van der Waals surface area contributed by atoms with Crippen LogP contribution in [0.1, 0.15) is 0 Å². The topological polar surface area (TPSA) is 186 Å². The monoisotopic (exact) mass is 580 g/mol.